The van der Waals surface area contributed by atoms with E-state index in [0.717, 1.165) is 16.8 Å². The number of halogens is 1. The number of benzene rings is 1. The van der Waals surface area contributed by atoms with Crippen molar-refractivity contribution in [2.75, 3.05) is 25.7 Å². The van der Waals surface area contributed by atoms with Gasteiger partial charge >= 0.3 is 23.9 Å². The summed E-state index contributed by atoms with van der Waals surface area (Å²) in [4.78, 5) is 54.5. The van der Waals surface area contributed by atoms with Gasteiger partial charge in [0.15, 0.2) is 12.2 Å². The Bertz CT molecular complexity index is 1790. The molecule has 2 aromatic rings. The van der Waals surface area contributed by atoms with Crippen molar-refractivity contribution in [3.05, 3.63) is 40.6 Å². The Kier molecular flexibility index (Phi) is 17.1. The molecule has 3 rings (SSSR count). The fourth-order valence-electron chi connectivity index (χ4n) is 5.95. The number of hydrogen-bond donors (Lipinski definition) is 1. The van der Waals surface area contributed by atoms with E-state index in [9.17, 15) is 24.3 Å². The summed E-state index contributed by atoms with van der Waals surface area (Å²) in [6.45, 7) is 26.0. The number of carbonyl (C=O) groups excluding carboxylic acids is 4. The van der Waals surface area contributed by atoms with Gasteiger partial charge in [-0.25, -0.2) is 0 Å². The van der Waals surface area contributed by atoms with Gasteiger partial charge in [-0.2, -0.15) is 0 Å². The fraction of sp³-hybridized carbons (Fsp3) is 0.711. The van der Waals surface area contributed by atoms with Crippen LogP contribution in [0.4, 0.5) is 0 Å². The van der Waals surface area contributed by atoms with Gasteiger partial charge in [0.25, 0.3) is 0 Å². The Morgan fingerprint density at radius 1 is 0.817 bits per heavy atom. The highest BCUT2D eigenvalue weighted by atomic mass is 35.5. The predicted octanol–water partition coefficient (Wildman–Crippen LogP) is 7.47. The molecule has 0 radical (unpaired) electrons. The Morgan fingerprint density at radius 3 is 1.83 bits per heavy atom. The molecule has 14 nitrogen and oxygen atoms in total. The molecule has 15 heteroatoms. The molecule has 0 spiro atoms. The Hall–Kier alpha value is -3.88. The van der Waals surface area contributed by atoms with Gasteiger partial charge in [-0.3, -0.25) is 23.9 Å². The molecule has 5 atom stereocenters. The van der Waals surface area contributed by atoms with E-state index in [0.29, 0.717) is 36.6 Å². The summed E-state index contributed by atoms with van der Waals surface area (Å²) < 4.78 is 45.1. The third-order valence-electron chi connectivity index (χ3n) is 9.52. The third kappa shape index (κ3) is 13.6. The lowest BCUT2D eigenvalue weighted by atomic mass is 9.93. The van der Waals surface area contributed by atoms with Gasteiger partial charge in [0, 0.05) is 23.6 Å². The van der Waals surface area contributed by atoms with Crippen LogP contribution in [0.3, 0.4) is 0 Å². The number of ether oxygens (including phenoxy) is 7. The highest BCUT2D eigenvalue weighted by molar-refractivity contribution is 6.17. The van der Waals surface area contributed by atoms with Crippen molar-refractivity contribution >= 4 is 35.5 Å². The van der Waals surface area contributed by atoms with E-state index < -0.39 is 82.8 Å². The second kappa shape index (κ2) is 20.3. The second-order valence-electron chi connectivity index (χ2n) is 19.8. The first-order chi connectivity index (χ1) is 27.6. The monoisotopic (exact) mass is 864 g/mol. The van der Waals surface area contributed by atoms with Crippen LogP contribution in [0.5, 0.6) is 11.6 Å². The van der Waals surface area contributed by atoms with Crippen LogP contribution in [0.25, 0.3) is 0 Å². The van der Waals surface area contributed by atoms with Gasteiger partial charge in [-0.15, -0.1) is 16.7 Å². The summed E-state index contributed by atoms with van der Waals surface area (Å²) in [5, 5.41) is 14.9. The van der Waals surface area contributed by atoms with E-state index in [1.807, 2.05) is 39.0 Å². The third-order valence-corrected chi connectivity index (χ3v) is 9.79. The van der Waals surface area contributed by atoms with Crippen LogP contribution in [-0.4, -0.2) is 95.2 Å². The van der Waals surface area contributed by atoms with Gasteiger partial charge in [0.05, 0.1) is 41.4 Å². The minimum absolute atomic E-state index is 0.0945. The summed E-state index contributed by atoms with van der Waals surface area (Å²) >= 11 is 5.85. The largest absolute Gasteiger partial charge is 0.494 e. The maximum absolute atomic E-state index is 13.8. The number of alkyl halides is 1. The van der Waals surface area contributed by atoms with Crippen LogP contribution in [0, 0.1) is 28.6 Å². The van der Waals surface area contributed by atoms with Crippen molar-refractivity contribution in [3.63, 3.8) is 0 Å². The molecular formula is C45H69ClN2O12. The highest BCUT2D eigenvalue weighted by Crippen LogP contribution is 2.38. The topological polar surface area (TPSA) is 171 Å². The maximum Gasteiger partial charge on any atom is 0.311 e. The van der Waals surface area contributed by atoms with Crippen molar-refractivity contribution < 1.29 is 57.4 Å². The molecule has 1 N–H and O–H groups in total. The van der Waals surface area contributed by atoms with E-state index in [1.54, 1.807) is 87.8 Å². The van der Waals surface area contributed by atoms with Crippen molar-refractivity contribution in [3.8, 4) is 11.6 Å². The molecule has 1 saturated heterocycles. The molecule has 1 aromatic heterocycles. The average Bonchev–Trinajstić information content (AvgIpc) is 3.45. The average molecular weight is 866 g/mol. The first kappa shape index (κ1) is 50.5. The van der Waals surface area contributed by atoms with E-state index in [4.69, 9.17) is 49.9 Å². The van der Waals surface area contributed by atoms with E-state index in [-0.39, 0.29) is 24.9 Å². The molecule has 0 saturated carbocycles. The first-order valence-electron chi connectivity index (χ1n) is 20.7. The van der Waals surface area contributed by atoms with Gasteiger partial charge < -0.3 is 38.3 Å². The fourth-order valence-corrected chi connectivity index (χ4v) is 6.06. The molecule has 1 aromatic carbocycles. The lowest BCUT2D eigenvalue weighted by molar-refractivity contribution is -0.294. The van der Waals surface area contributed by atoms with Crippen LogP contribution in [0.1, 0.15) is 132 Å². The normalized spacial score (nSPS) is 20.1. The highest BCUT2D eigenvalue weighted by Gasteiger charge is 2.56. The van der Waals surface area contributed by atoms with Gasteiger partial charge in [-0.05, 0) is 126 Å². The molecule has 0 bridgehead atoms. The van der Waals surface area contributed by atoms with E-state index in [2.05, 4.69) is 0 Å². The second-order valence-corrected chi connectivity index (χ2v) is 20.2. The molecule has 1 aliphatic rings. The molecule has 0 amide bonds. The predicted molar refractivity (Wildman–Crippen MR) is 226 cm³/mol. The first-order valence-corrected chi connectivity index (χ1v) is 21.2. The zero-order valence-electron chi connectivity index (χ0n) is 38.4. The minimum atomic E-state index is -1.55. The summed E-state index contributed by atoms with van der Waals surface area (Å²) in [5.41, 5.74) is -0.693. The molecule has 60 heavy (non-hydrogen) atoms. The van der Waals surface area contributed by atoms with Gasteiger partial charge in [0.1, 0.15) is 18.5 Å². The van der Waals surface area contributed by atoms with Crippen molar-refractivity contribution in [1.29, 1.82) is 0 Å². The summed E-state index contributed by atoms with van der Waals surface area (Å²) in [5.74, 6) is -1.40. The SMILES string of the molecule is Cc1cc(OCCCCl)ccc1Cc1c(O[C@@H]2O[C@H](COC(=O)C(C)(C)C)[C@@H](OC(=O)C(C)(C)C)[C@H](OC(=O)C(C)(C)C)[C@H]2OC(=O)C(C)(C)C)nn(CCO)c1C(C)C. The summed E-state index contributed by atoms with van der Waals surface area (Å²) in [6, 6.07) is 5.79. The molecule has 1 fully saturated rings. The number of esters is 4. The molecular weight excluding hydrogens is 796 g/mol. The zero-order valence-corrected chi connectivity index (χ0v) is 39.1. The zero-order chi connectivity index (χ0) is 45.5. The van der Waals surface area contributed by atoms with E-state index in [1.165, 1.54) is 0 Å². The standard InChI is InChI=1S/C45H69ClN2O12/c1-26(2)32-30(24-28-17-18-29(23-27(28)3)54-22-16-19-46)36(47-48(32)20-21-49)60-37-35(59-41(53)45(13,14)15)34(58-40(52)44(10,11)12)33(57-39(51)43(7,8)9)31(56-37)25-55-38(50)42(4,5)6/h17-18,23,26,31,33-35,37,49H,16,19-22,24-25H2,1-15H3/t31-,33-,34+,35-,37+/m1/s1. The number of aromatic nitrogens is 2. The number of hydrogen-bond acceptors (Lipinski definition) is 13. The quantitative estimate of drug-likeness (QED) is 0.0764. The molecule has 1 aliphatic heterocycles. The summed E-state index contributed by atoms with van der Waals surface area (Å²) in [6.07, 6.45) is -6.26. The van der Waals surface area contributed by atoms with Crippen molar-refractivity contribution in [2.24, 2.45) is 21.7 Å². The number of aliphatic hydroxyl groups excluding tert-OH is 1. The lowest BCUT2D eigenvalue weighted by Crippen LogP contribution is -2.65. The van der Waals surface area contributed by atoms with Crippen LogP contribution in [0.2, 0.25) is 0 Å². The Morgan fingerprint density at radius 2 is 1.35 bits per heavy atom. The van der Waals surface area contributed by atoms with Crippen molar-refractivity contribution in [2.45, 2.75) is 160 Å². The number of aliphatic hydroxyl groups is 1. The van der Waals surface area contributed by atoms with Crippen LogP contribution in [-0.2, 0) is 55.8 Å². The smallest absolute Gasteiger partial charge is 0.311 e. The van der Waals surface area contributed by atoms with Gasteiger partial charge in [0.2, 0.25) is 18.3 Å². The molecule has 338 valence electrons. The van der Waals surface area contributed by atoms with E-state index >= 15 is 0 Å². The summed E-state index contributed by atoms with van der Waals surface area (Å²) in [7, 11) is 0. The molecule has 2 heterocycles. The lowest BCUT2D eigenvalue weighted by Gasteiger charge is -2.45. The Balaban J connectivity index is 2.31. The number of rotatable bonds is 16. The maximum atomic E-state index is 13.8. The van der Waals surface area contributed by atoms with Crippen LogP contribution < -0.4 is 9.47 Å². The van der Waals surface area contributed by atoms with Crippen LogP contribution in [0.15, 0.2) is 18.2 Å². The Labute approximate surface area is 361 Å². The minimum Gasteiger partial charge on any atom is -0.494 e. The molecule has 0 unspecified atom stereocenters. The van der Waals surface area contributed by atoms with Crippen LogP contribution >= 0.6 is 11.6 Å². The number of nitrogens with zero attached hydrogens (tertiary/aromatic N) is 2. The van der Waals surface area contributed by atoms with Crippen molar-refractivity contribution in [1.82, 2.24) is 9.78 Å². The number of aryl methyl sites for hydroxylation is 1. The molecule has 0 aliphatic carbocycles. The number of carbonyl (C=O) groups is 4. The van der Waals surface area contributed by atoms with Gasteiger partial charge in [-0.1, -0.05) is 19.9 Å².